The molecule has 1 aromatic rings. The summed E-state index contributed by atoms with van der Waals surface area (Å²) in [6, 6.07) is 8.63. The second-order valence-electron chi connectivity index (χ2n) is 5.01. The van der Waals surface area contributed by atoms with E-state index in [9.17, 15) is 4.79 Å². The van der Waals surface area contributed by atoms with Gasteiger partial charge in [-0.25, -0.2) is 0 Å². The average molecular weight is 248 g/mol. The smallest absolute Gasteiger partial charge is 0.234 e. The molecule has 0 radical (unpaired) electrons. The Labute approximate surface area is 110 Å². The first-order valence-corrected chi connectivity index (χ1v) is 6.58. The Hall–Kier alpha value is -1.35. The fourth-order valence-electron chi connectivity index (χ4n) is 1.92. The highest BCUT2D eigenvalue weighted by Gasteiger charge is 2.10. The molecule has 0 unspecified atom stereocenters. The van der Waals surface area contributed by atoms with E-state index < -0.39 is 0 Å². The maximum Gasteiger partial charge on any atom is 0.234 e. The summed E-state index contributed by atoms with van der Waals surface area (Å²) in [5.74, 6) is 0.0968. The number of carbonyl (C=O) groups is 1. The largest absolute Gasteiger partial charge is 0.353 e. The van der Waals surface area contributed by atoms with Gasteiger partial charge in [-0.1, -0.05) is 36.8 Å². The number of rotatable bonds is 6. The van der Waals surface area contributed by atoms with Crippen molar-refractivity contribution in [3.63, 3.8) is 0 Å². The molecule has 0 aromatic heterocycles. The van der Waals surface area contributed by atoms with Crippen LogP contribution in [-0.2, 0) is 11.3 Å². The zero-order chi connectivity index (χ0) is 13.5. The van der Waals surface area contributed by atoms with E-state index in [1.54, 1.807) is 0 Å². The second kappa shape index (κ2) is 7.17. The van der Waals surface area contributed by atoms with Crippen molar-refractivity contribution in [2.24, 2.45) is 0 Å². The normalized spacial score (nSPS) is 11.0. The number of likely N-dealkylation sites (N-methyl/N-ethyl adjacent to an activating group) is 1. The molecule has 0 saturated carbocycles. The summed E-state index contributed by atoms with van der Waals surface area (Å²) in [4.78, 5) is 13.9. The molecular formula is C15H24N2O. The molecule has 1 amide bonds. The van der Waals surface area contributed by atoms with Crippen LogP contribution in [0.5, 0.6) is 0 Å². The molecule has 0 atom stereocenters. The number of benzene rings is 1. The third kappa shape index (κ3) is 5.32. The van der Waals surface area contributed by atoms with Crippen molar-refractivity contribution in [1.29, 1.82) is 0 Å². The molecule has 0 aliphatic carbocycles. The molecule has 0 bridgehead atoms. The zero-order valence-corrected chi connectivity index (χ0v) is 11.9. The van der Waals surface area contributed by atoms with Gasteiger partial charge in [-0.3, -0.25) is 9.69 Å². The van der Waals surface area contributed by atoms with Crippen LogP contribution in [0.4, 0.5) is 0 Å². The van der Waals surface area contributed by atoms with E-state index >= 15 is 0 Å². The van der Waals surface area contributed by atoms with Gasteiger partial charge in [0.15, 0.2) is 0 Å². The van der Waals surface area contributed by atoms with Gasteiger partial charge in [0.1, 0.15) is 0 Å². The third-order valence-corrected chi connectivity index (χ3v) is 2.75. The Bertz CT molecular complexity index is 388. The predicted molar refractivity (Wildman–Crippen MR) is 75.4 cm³/mol. The minimum absolute atomic E-state index is 0.0968. The monoisotopic (exact) mass is 248 g/mol. The highest BCUT2D eigenvalue weighted by Crippen LogP contribution is 2.07. The maximum absolute atomic E-state index is 11.7. The molecule has 1 aromatic carbocycles. The minimum Gasteiger partial charge on any atom is -0.353 e. The van der Waals surface area contributed by atoms with Gasteiger partial charge in [0.2, 0.25) is 5.91 Å². The third-order valence-electron chi connectivity index (χ3n) is 2.75. The van der Waals surface area contributed by atoms with Crippen LogP contribution < -0.4 is 5.32 Å². The summed E-state index contributed by atoms with van der Waals surface area (Å²) in [6.07, 6.45) is 0. The Kier molecular flexibility index (Phi) is 5.86. The van der Waals surface area contributed by atoms with Crippen molar-refractivity contribution in [3.8, 4) is 0 Å². The van der Waals surface area contributed by atoms with Gasteiger partial charge in [-0.05, 0) is 32.9 Å². The van der Waals surface area contributed by atoms with E-state index in [-0.39, 0.29) is 11.9 Å². The minimum atomic E-state index is 0.0968. The molecule has 0 aliphatic rings. The van der Waals surface area contributed by atoms with E-state index in [0.29, 0.717) is 6.54 Å². The van der Waals surface area contributed by atoms with Crippen LogP contribution in [-0.4, -0.2) is 29.9 Å². The number of aryl methyl sites for hydroxylation is 1. The van der Waals surface area contributed by atoms with Crippen molar-refractivity contribution < 1.29 is 4.79 Å². The number of hydrogen-bond acceptors (Lipinski definition) is 2. The Morgan fingerprint density at radius 2 is 2.11 bits per heavy atom. The van der Waals surface area contributed by atoms with E-state index in [4.69, 9.17) is 0 Å². The number of hydrogen-bond donors (Lipinski definition) is 1. The molecule has 0 heterocycles. The lowest BCUT2D eigenvalue weighted by atomic mass is 10.1. The fourth-order valence-corrected chi connectivity index (χ4v) is 1.92. The Balaban J connectivity index is 2.54. The van der Waals surface area contributed by atoms with Crippen LogP contribution in [0.2, 0.25) is 0 Å². The van der Waals surface area contributed by atoms with Gasteiger partial charge in [0, 0.05) is 12.6 Å². The SMILES string of the molecule is CCN(CC(=O)NC(C)C)Cc1cccc(C)c1. The molecule has 0 spiro atoms. The van der Waals surface area contributed by atoms with Crippen molar-refractivity contribution in [3.05, 3.63) is 35.4 Å². The molecule has 3 heteroatoms. The summed E-state index contributed by atoms with van der Waals surface area (Å²) in [6.45, 7) is 10.3. The summed E-state index contributed by atoms with van der Waals surface area (Å²) >= 11 is 0. The first-order chi connectivity index (χ1) is 8.51. The number of nitrogens with one attached hydrogen (secondary N) is 1. The molecule has 1 N–H and O–H groups in total. The summed E-state index contributed by atoms with van der Waals surface area (Å²) < 4.78 is 0. The molecular weight excluding hydrogens is 224 g/mol. The van der Waals surface area contributed by atoms with Crippen molar-refractivity contribution in [1.82, 2.24) is 10.2 Å². The summed E-state index contributed by atoms with van der Waals surface area (Å²) in [5.41, 5.74) is 2.52. The summed E-state index contributed by atoms with van der Waals surface area (Å²) in [5, 5.41) is 2.92. The van der Waals surface area contributed by atoms with Crippen LogP contribution in [0.1, 0.15) is 31.9 Å². The number of nitrogens with zero attached hydrogens (tertiary/aromatic N) is 1. The van der Waals surface area contributed by atoms with E-state index in [1.807, 2.05) is 13.8 Å². The van der Waals surface area contributed by atoms with Crippen LogP contribution in [0.25, 0.3) is 0 Å². The zero-order valence-electron chi connectivity index (χ0n) is 11.9. The molecule has 100 valence electrons. The fraction of sp³-hybridized carbons (Fsp3) is 0.533. The topological polar surface area (TPSA) is 32.3 Å². The molecule has 3 nitrogen and oxygen atoms in total. The lowest BCUT2D eigenvalue weighted by Crippen LogP contribution is -2.39. The second-order valence-corrected chi connectivity index (χ2v) is 5.01. The van der Waals surface area contributed by atoms with Crippen molar-refractivity contribution in [2.75, 3.05) is 13.1 Å². The molecule has 0 aliphatic heterocycles. The van der Waals surface area contributed by atoms with Crippen molar-refractivity contribution in [2.45, 2.75) is 40.3 Å². The van der Waals surface area contributed by atoms with Gasteiger partial charge >= 0.3 is 0 Å². The van der Waals surface area contributed by atoms with Crippen LogP contribution in [0.3, 0.4) is 0 Å². The van der Waals surface area contributed by atoms with Gasteiger partial charge < -0.3 is 5.32 Å². The lowest BCUT2D eigenvalue weighted by Gasteiger charge is -2.21. The van der Waals surface area contributed by atoms with Crippen LogP contribution in [0.15, 0.2) is 24.3 Å². The van der Waals surface area contributed by atoms with E-state index in [0.717, 1.165) is 13.1 Å². The van der Waals surface area contributed by atoms with Gasteiger partial charge in [-0.15, -0.1) is 0 Å². The first kappa shape index (κ1) is 14.7. The highest BCUT2D eigenvalue weighted by atomic mass is 16.2. The maximum atomic E-state index is 11.7. The van der Waals surface area contributed by atoms with Crippen molar-refractivity contribution >= 4 is 5.91 Å². The summed E-state index contributed by atoms with van der Waals surface area (Å²) in [7, 11) is 0. The Morgan fingerprint density at radius 1 is 1.39 bits per heavy atom. The van der Waals surface area contributed by atoms with E-state index in [1.165, 1.54) is 11.1 Å². The average Bonchev–Trinajstić information content (AvgIpc) is 2.27. The van der Waals surface area contributed by atoms with Gasteiger partial charge in [0.25, 0.3) is 0 Å². The molecule has 18 heavy (non-hydrogen) atoms. The number of amides is 1. The molecule has 0 saturated heterocycles. The van der Waals surface area contributed by atoms with E-state index in [2.05, 4.69) is 48.3 Å². The highest BCUT2D eigenvalue weighted by molar-refractivity contribution is 5.78. The number of carbonyl (C=O) groups excluding carboxylic acids is 1. The van der Waals surface area contributed by atoms with Crippen LogP contribution in [0, 0.1) is 6.92 Å². The van der Waals surface area contributed by atoms with Crippen LogP contribution >= 0.6 is 0 Å². The van der Waals surface area contributed by atoms with Gasteiger partial charge in [-0.2, -0.15) is 0 Å². The Morgan fingerprint density at radius 3 is 2.67 bits per heavy atom. The quantitative estimate of drug-likeness (QED) is 0.838. The van der Waals surface area contributed by atoms with Gasteiger partial charge in [0.05, 0.1) is 6.54 Å². The predicted octanol–water partition coefficient (Wildman–Crippen LogP) is 2.34. The first-order valence-electron chi connectivity index (χ1n) is 6.58. The standard InChI is InChI=1S/C15H24N2O/c1-5-17(11-15(18)16-12(2)3)10-14-8-6-7-13(4)9-14/h6-9,12H,5,10-11H2,1-4H3,(H,16,18). The molecule has 0 fully saturated rings. The molecule has 1 rings (SSSR count). The lowest BCUT2D eigenvalue weighted by molar-refractivity contribution is -0.122.